The Kier molecular flexibility index (Phi) is 8.77. The number of carboxylic acids is 1. The molecule has 1 spiro atoms. The number of pyridine rings is 2. The van der Waals surface area contributed by atoms with Crippen LogP contribution in [0.5, 0.6) is 11.5 Å². The van der Waals surface area contributed by atoms with Crippen LogP contribution >= 0.6 is 0 Å². The van der Waals surface area contributed by atoms with Gasteiger partial charge < -0.3 is 24.0 Å². The van der Waals surface area contributed by atoms with Gasteiger partial charge >= 0.3 is 5.97 Å². The van der Waals surface area contributed by atoms with Crippen LogP contribution in [0, 0.1) is 19.3 Å². The van der Waals surface area contributed by atoms with E-state index in [0.29, 0.717) is 43.1 Å². The highest BCUT2D eigenvalue weighted by molar-refractivity contribution is 5.85. The lowest BCUT2D eigenvalue weighted by Crippen LogP contribution is -2.64. The van der Waals surface area contributed by atoms with Crippen molar-refractivity contribution in [3.8, 4) is 22.6 Å². The number of methoxy groups -OCH3 is 2. The Bertz CT molecular complexity index is 1690. The highest BCUT2D eigenvalue weighted by atomic mass is 19.3. The van der Waals surface area contributed by atoms with E-state index in [0.717, 1.165) is 53.9 Å². The SMILES string of the molecule is COc1cc(-c2cn(C)c(=O)c(C)c2C)cc(OC)c1CN1CCC(N2CCC3(CC2)CN(c2ccc(C(=O)O)nc2)C3)C(F)(F)C1. The highest BCUT2D eigenvalue weighted by Crippen LogP contribution is 2.45. The van der Waals surface area contributed by atoms with Crippen LogP contribution in [0.15, 0.2) is 41.5 Å². The maximum atomic E-state index is 15.8. The summed E-state index contributed by atoms with van der Waals surface area (Å²) in [7, 11) is 4.86. The van der Waals surface area contributed by atoms with Gasteiger partial charge in [-0.15, -0.1) is 0 Å². The third kappa shape index (κ3) is 6.20. The van der Waals surface area contributed by atoms with Gasteiger partial charge in [-0.1, -0.05) is 0 Å². The molecule has 2 aromatic heterocycles. The molecule has 6 rings (SSSR count). The third-order valence-electron chi connectivity index (χ3n) is 10.6. The van der Waals surface area contributed by atoms with Crippen LogP contribution in [0.3, 0.4) is 0 Å². The molecule has 3 saturated heterocycles. The number of carbonyl (C=O) groups is 1. The predicted molar refractivity (Wildman–Crippen MR) is 175 cm³/mol. The maximum Gasteiger partial charge on any atom is 0.354 e. The fourth-order valence-corrected chi connectivity index (χ4v) is 7.64. The van der Waals surface area contributed by atoms with Crippen LogP contribution in [0.25, 0.3) is 11.1 Å². The molecular weight excluding hydrogens is 608 g/mol. The Morgan fingerprint density at radius 1 is 1.02 bits per heavy atom. The molecule has 0 saturated carbocycles. The number of benzene rings is 1. The molecule has 3 fully saturated rings. The van der Waals surface area contributed by atoms with E-state index in [1.807, 2.05) is 24.0 Å². The minimum atomic E-state index is -2.88. The number of piperidine rings is 2. The van der Waals surface area contributed by atoms with Crippen molar-refractivity contribution in [2.24, 2.45) is 12.5 Å². The topological polar surface area (TPSA) is 100 Å². The normalized spacial score (nSPS) is 21.0. The largest absolute Gasteiger partial charge is 0.496 e. The van der Waals surface area contributed by atoms with Gasteiger partial charge in [-0.3, -0.25) is 14.6 Å². The fraction of sp³-hybridized carbons (Fsp3) is 0.514. The zero-order chi connectivity index (χ0) is 33.7. The number of aromatic nitrogens is 2. The zero-order valence-corrected chi connectivity index (χ0v) is 27.7. The summed E-state index contributed by atoms with van der Waals surface area (Å²) in [5.74, 6) is -2.82. The Labute approximate surface area is 273 Å². The molecule has 0 amide bonds. The lowest BCUT2D eigenvalue weighted by atomic mass is 9.71. The van der Waals surface area contributed by atoms with Crippen molar-refractivity contribution in [3.05, 3.63) is 69.4 Å². The third-order valence-corrected chi connectivity index (χ3v) is 10.6. The van der Waals surface area contributed by atoms with E-state index in [-0.39, 0.29) is 29.8 Å². The molecule has 3 aliphatic heterocycles. The molecule has 252 valence electrons. The monoisotopic (exact) mass is 651 g/mol. The highest BCUT2D eigenvalue weighted by Gasteiger charge is 2.51. The van der Waals surface area contributed by atoms with E-state index in [2.05, 4.69) is 9.88 Å². The van der Waals surface area contributed by atoms with Gasteiger partial charge in [0.15, 0.2) is 0 Å². The average molecular weight is 652 g/mol. The molecule has 10 nitrogen and oxygen atoms in total. The fourth-order valence-electron chi connectivity index (χ4n) is 7.64. The minimum absolute atomic E-state index is 0.0173. The number of nitrogens with zero attached hydrogens (tertiary/aromatic N) is 5. The van der Waals surface area contributed by atoms with Gasteiger partial charge in [0.2, 0.25) is 0 Å². The maximum absolute atomic E-state index is 15.8. The summed E-state index contributed by atoms with van der Waals surface area (Å²) < 4.78 is 44.8. The Balaban J connectivity index is 1.09. The lowest BCUT2D eigenvalue weighted by molar-refractivity contribution is -0.138. The van der Waals surface area contributed by atoms with Crippen molar-refractivity contribution in [2.45, 2.75) is 51.6 Å². The number of likely N-dealkylation sites (tertiary alicyclic amines) is 2. The predicted octanol–water partition coefficient (Wildman–Crippen LogP) is 4.59. The summed E-state index contributed by atoms with van der Waals surface area (Å²) in [4.78, 5) is 33.5. The minimum Gasteiger partial charge on any atom is -0.496 e. The van der Waals surface area contributed by atoms with Crippen molar-refractivity contribution < 1.29 is 28.2 Å². The molecule has 3 aromatic rings. The van der Waals surface area contributed by atoms with Gasteiger partial charge in [-0.05, 0) is 81.6 Å². The Morgan fingerprint density at radius 3 is 2.23 bits per heavy atom. The Morgan fingerprint density at radius 2 is 1.68 bits per heavy atom. The van der Waals surface area contributed by atoms with Crippen molar-refractivity contribution in [1.82, 2.24) is 19.4 Å². The first-order valence-corrected chi connectivity index (χ1v) is 16.1. The number of hydrogen-bond acceptors (Lipinski definition) is 8. The van der Waals surface area contributed by atoms with Crippen LogP contribution in [0.2, 0.25) is 0 Å². The van der Waals surface area contributed by atoms with E-state index in [1.165, 1.54) is 6.07 Å². The second-order valence-corrected chi connectivity index (χ2v) is 13.4. The molecule has 47 heavy (non-hydrogen) atoms. The summed E-state index contributed by atoms with van der Waals surface area (Å²) in [6.45, 7) is 7.09. The van der Waals surface area contributed by atoms with E-state index >= 15 is 8.78 Å². The van der Waals surface area contributed by atoms with Gasteiger partial charge in [0.05, 0.1) is 44.3 Å². The molecule has 1 unspecified atom stereocenters. The van der Waals surface area contributed by atoms with Gasteiger partial charge in [-0.2, -0.15) is 0 Å². The summed E-state index contributed by atoms with van der Waals surface area (Å²) in [5.41, 5.74) is 4.91. The van der Waals surface area contributed by atoms with Crippen molar-refractivity contribution in [1.29, 1.82) is 0 Å². The summed E-state index contributed by atoms with van der Waals surface area (Å²) in [5, 5.41) is 9.10. The number of anilines is 1. The van der Waals surface area contributed by atoms with Gasteiger partial charge in [0.25, 0.3) is 11.5 Å². The summed E-state index contributed by atoms with van der Waals surface area (Å²) >= 11 is 0. The molecule has 0 aliphatic carbocycles. The zero-order valence-electron chi connectivity index (χ0n) is 27.7. The van der Waals surface area contributed by atoms with Gasteiger partial charge in [-0.25, -0.2) is 18.6 Å². The smallest absolute Gasteiger partial charge is 0.354 e. The number of aryl methyl sites for hydroxylation is 1. The van der Waals surface area contributed by atoms with Crippen LogP contribution in [0.4, 0.5) is 14.5 Å². The first-order valence-electron chi connectivity index (χ1n) is 16.1. The molecule has 0 bridgehead atoms. The first kappa shape index (κ1) is 32.9. The number of halogens is 2. The van der Waals surface area contributed by atoms with Crippen molar-refractivity contribution in [3.63, 3.8) is 0 Å². The second kappa shape index (κ2) is 12.5. The first-order chi connectivity index (χ1) is 22.3. The molecule has 1 N–H and O–H groups in total. The van der Waals surface area contributed by atoms with Crippen LogP contribution in [0.1, 0.15) is 46.4 Å². The second-order valence-electron chi connectivity index (χ2n) is 13.4. The van der Waals surface area contributed by atoms with E-state index < -0.39 is 17.9 Å². The Hall–Kier alpha value is -4.03. The molecule has 12 heteroatoms. The number of aromatic carboxylic acids is 1. The quantitative estimate of drug-likeness (QED) is 0.375. The van der Waals surface area contributed by atoms with Crippen LogP contribution in [-0.4, -0.2) is 95.9 Å². The molecule has 3 aliphatic rings. The molecule has 1 aromatic carbocycles. The summed E-state index contributed by atoms with van der Waals surface area (Å²) in [6.07, 6.45) is 5.47. The molecule has 1 atom stereocenters. The number of ether oxygens (including phenoxy) is 2. The molecule has 0 radical (unpaired) electrons. The lowest BCUT2D eigenvalue weighted by Gasteiger charge is -2.56. The van der Waals surface area contributed by atoms with Crippen molar-refractivity contribution >= 4 is 11.7 Å². The van der Waals surface area contributed by atoms with E-state index in [4.69, 9.17) is 14.6 Å². The van der Waals surface area contributed by atoms with E-state index in [9.17, 15) is 9.59 Å². The summed E-state index contributed by atoms with van der Waals surface area (Å²) in [6, 6.07) is 6.27. The van der Waals surface area contributed by atoms with Crippen molar-refractivity contribution in [2.75, 3.05) is 58.4 Å². The average Bonchev–Trinajstić information content (AvgIpc) is 3.04. The molecule has 5 heterocycles. The van der Waals surface area contributed by atoms with Crippen LogP contribution < -0.4 is 19.9 Å². The molecular formula is C35H43F2N5O5. The van der Waals surface area contributed by atoms with E-state index in [1.54, 1.807) is 56.1 Å². The standard InChI is InChI=1S/C35H43F2N5O5/c1-22-23(2)32(43)39(3)17-26(22)24-14-29(46-4)27(30(15-24)47-5)18-40-11-8-31(35(36,37)21-40)41-12-9-34(10-13-41)19-42(20-34)25-6-7-28(33(44)45)38-16-25/h6-7,14-17,31H,8-13,18-21H2,1-5H3,(H,44,45). The van der Waals surface area contributed by atoms with Gasteiger partial charge in [0, 0.05) is 56.0 Å². The van der Waals surface area contributed by atoms with Crippen LogP contribution in [-0.2, 0) is 13.6 Å². The number of rotatable bonds is 8. The number of hydrogen-bond donors (Lipinski definition) is 1. The number of carboxylic acid groups (broad SMARTS) is 1. The van der Waals surface area contributed by atoms with Gasteiger partial charge in [0.1, 0.15) is 17.2 Å². The number of alkyl halides is 2.